The Bertz CT molecular complexity index is 297. The summed E-state index contributed by atoms with van der Waals surface area (Å²) in [5, 5.41) is 22.7. The molecular formula is C11H20N2O5. The molecule has 0 aromatic rings. The molecular weight excluding hydrogens is 240 g/mol. The van der Waals surface area contributed by atoms with Crippen molar-refractivity contribution in [3.63, 3.8) is 0 Å². The van der Waals surface area contributed by atoms with Crippen molar-refractivity contribution in [1.29, 1.82) is 0 Å². The molecule has 0 spiro atoms. The van der Waals surface area contributed by atoms with Crippen LogP contribution in [0.3, 0.4) is 0 Å². The van der Waals surface area contributed by atoms with Gasteiger partial charge in [0, 0.05) is 26.1 Å². The van der Waals surface area contributed by atoms with Gasteiger partial charge in [0.1, 0.15) is 0 Å². The highest BCUT2D eigenvalue weighted by molar-refractivity contribution is 5.74. The zero-order valence-corrected chi connectivity index (χ0v) is 10.4. The Labute approximate surface area is 106 Å². The monoisotopic (exact) mass is 260 g/mol. The minimum Gasteiger partial charge on any atom is -0.479 e. The van der Waals surface area contributed by atoms with Crippen LogP contribution < -0.4 is 10.6 Å². The molecule has 1 saturated carbocycles. The molecule has 1 rings (SSSR count). The van der Waals surface area contributed by atoms with Gasteiger partial charge in [0.05, 0.1) is 6.10 Å². The molecule has 18 heavy (non-hydrogen) atoms. The van der Waals surface area contributed by atoms with E-state index >= 15 is 0 Å². The predicted molar refractivity (Wildman–Crippen MR) is 63.2 cm³/mol. The number of hydrogen-bond acceptors (Lipinski definition) is 4. The van der Waals surface area contributed by atoms with Crippen LogP contribution in [0.2, 0.25) is 0 Å². The van der Waals surface area contributed by atoms with E-state index in [-0.39, 0.29) is 31.1 Å². The van der Waals surface area contributed by atoms with Crippen molar-refractivity contribution in [2.75, 3.05) is 13.7 Å². The molecule has 104 valence electrons. The molecule has 1 fully saturated rings. The second-order valence-electron chi connectivity index (χ2n) is 4.41. The molecule has 3 unspecified atom stereocenters. The zero-order valence-electron chi connectivity index (χ0n) is 10.4. The summed E-state index contributed by atoms with van der Waals surface area (Å²) < 4.78 is 5.19. The van der Waals surface area contributed by atoms with Gasteiger partial charge in [0.2, 0.25) is 0 Å². The molecule has 1 aliphatic rings. The maximum Gasteiger partial charge on any atom is 0.332 e. The summed E-state index contributed by atoms with van der Waals surface area (Å²) >= 11 is 0. The van der Waals surface area contributed by atoms with E-state index in [2.05, 4.69) is 10.6 Å². The number of methoxy groups -OCH3 is 1. The van der Waals surface area contributed by atoms with Crippen LogP contribution in [0.25, 0.3) is 0 Å². The molecule has 1 aliphatic carbocycles. The Hall–Kier alpha value is -1.34. The summed E-state index contributed by atoms with van der Waals surface area (Å²) in [6.07, 6.45) is 1.36. The fourth-order valence-corrected chi connectivity index (χ4v) is 1.97. The first-order chi connectivity index (χ1) is 8.52. The van der Waals surface area contributed by atoms with Crippen LogP contribution in [0, 0.1) is 0 Å². The van der Waals surface area contributed by atoms with Gasteiger partial charge < -0.3 is 25.6 Å². The minimum atomic E-state index is -1.44. The van der Waals surface area contributed by atoms with E-state index < -0.39 is 12.1 Å². The summed E-state index contributed by atoms with van der Waals surface area (Å²) in [5.41, 5.74) is 0. The van der Waals surface area contributed by atoms with Crippen molar-refractivity contribution in [2.24, 2.45) is 0 Å². The van der Waals surface area contributed by atoms with Crippen molar-refractivity contribution in [3.05, 3.63) is 0 Å². The van der Waals surface area contributed by atoms with Crippen molar-refractivity contribution < 1.29 is 24.5 Å². The van der Waals surface area contributed by atoms with Crippen molar-refractivity contribution >= 4 is 12.0 Å². The topological polar surface area (TPSA) is 108 Å². The van der Waals surface area contributed by atoms with E-state index in [0.29, 0.717) is 0 Å². The first-order valence-corrected chi connectivity index (χ1v) is 6.01. The quantitative estimate of drug-likeness (QED) is 0.524. The molecule has 0 aromatic heterocycles. The molecule has 0 aliphatic heterocycles. The van der Waals surface area contributed by atoms with E-state index in [1.54, 1.807) is 7.11 Å². The lowest BCUT2D eigenvalue weighted by Crippen LogP contribution is -2.42. The van der Waals surface area contributed by atoms with Crippen LogP contribution in [-0.4, -0.2) is 54.1 Å². The number of hydrogen-bond donors (Lipinski definition) is 4. The lowest BCUT2D eigenvalue weighted by molar-refractivity contribution is -0.146. The normalized spacial score (nSPS) is 24.6. The minimum absolute atomic E-state index is 0.00584. The molecule has 0 bridgehead atoms. The van der Waals surface area contributed by atoms with Gasteiger partial charge >= 0.3 is 12.0 Å². The number of carbonyl (C=O) groups excluding carboxylic acids is 1. The van der Waals surface area contributed by atoms with Gasteiger partial charge in [-0.25, -0.2) is 9.59 Å². The third-order valence-electron chi connectivity index (χ3n) is 3.04. The van der Waals surface area contributed by atoms with Gasteiger partial charge in [0.15, 0.2) is 6.10 Å². The second-order valence-corrected chi connectivity index (χ2v) is 4.41. The van der Waals surface area contributed by atoms with Crippen LogP contribution in [0.4, 0.5) is 4.79 Å². The number of aliphatic carboxylic acids is 1. The number of amides is 2. The third-order valence-corrected chi connectivity index (χ3v) is 3.04. The van der Waals surface area contributed by atoms with Crippen molar-refractivity contribution in [3.8, 4) is 0 Å². The van der Waals surface area contributed by atoms with Gasteiger partial charge in [-0.3, -0.25) is 0 Å². The van der Waals surface area contributed by atoms with Gasteiger partial charge in [-0.15, -0.1) is 0 Å². The number of carbonyl (C=O) groups is 2. The van der Waals surface area contributed by atoms with E-state index in [4.69, 9.17) is 14.9 Å². The van der Waals surface area contributed by atoms with Gasteiger partial charge in [-0.1, -0.05) is 0 Å². The number of carboxylic acids is 1. The Morgan fingerprint density at radius 2 is 2.17 bits per heavy atom. The average molecular weight is 260 g/mol. The zero-order chi connectivity index (χ0) is 13.5. The van der Waals surface area contributed by atoms with E-state index in [1.807, 2.05) is 0 Å². The summed E-state index contributed by atoms with van der Waals surface area (Å²) in [5.74, 6) is -1.28. The lowest BCUT2D eigenvalue weighted by atomic mass is 10.2. The van der Waals surface area contributed by atoms with Crippen LogP contribution >= 0.6 is 0 Å². The summed E-state index contributed by atoms with van der Waals surface area (Å²) in [4.78, 5) is 21.8. The van der Waals surface area contributed by atoms with E-state index in [9.17, 15) is 9.59 Å². The highest BCUT2D eigenvalue weighted by Crippen LogP contribution is 2.21. The highest BCUT2D eigenvalue weighted by Gasteiger charge is 2.25. The smallest absolute Gasteiger partial charge is 0.332 e. The van der Waals surface area contributed by atoms with Gasteiger partial charge in [0.25, 0.3) is 0 Å². The number of carboxylic acid groups (broad SMARTS) is 1. The molecule has 0 heterocycles. The molecule has 0 radical (unpaired) electrons. The summed E-state index contributed by atoms with van der Waals surface area (Å²) in [6.45, 7) is 0.125. The molecule has 2 amide bonds. The highest BCUT2D eigenvalue weighted by atomic mass is 16.5. The SMILES string of the molecule is COC1CCC(NC(=O)NCCC(O)C(=O)O)C1. The Balaban J connectivity index is 2.13. The Morgan fingerprint density at radius 3 is 2.72 bits per heavy atom. The molecule has 3 atom stereocenters. The Kier molecular flexibility index (Phi) is 5.87. The van der Waals surface area contributed by atoms with Crippen LogP contribution in [0.5, 0.6) is 0 Å². The maximum absolute atomic E-state index is 11.5. The number of aliphatic hydroxyl groups is 1. The number of urea groups is 1. The number of rotatable bonds is 6. The van der Waals surface area contributed by atoms with Crippen molar-refractivity contribution in [1.82, 2.24) is 10.6 Å². The molecule has 4 N–H and O–H groups in total. The number of ether oxygens (including phenoxy) is 1. The second kappa shape index (κ2) is 7.17. The van der Waals surface area contributed by atoms with E-state index in [0.717, 1.165) is 19.3 Å². The standard InChI is InChI=1S/C11H20N2O5/c1-18-8-3-2-7(6-8)13-11(17)12-5-4-9(14)10(15)16/h7-9,14H,2-6H2,1H3,(H,15,16)(H2,12,13,17). The van der Waals surface area contributed by atoms with Crippen LogP contribution in [0.1, 0.15) is 25.7 Å². The first-order valence-electron chi connectivity index (χ1n) is 6.01. The molecule has 0 saturated heterocycles. The van der Waals surface area contributed by atoms with Crippen molar-refractivity contribution in [2.45, 2.75) is 43.9 Å². The average Bonchev–Trinajstić information content (AvgIpc) is 2.76. The Morgan fingerprint density at radius 1 is 1.44 bits per heavy atom. The maximum atomic E-state index is 11.5. The lowest BCUT2D eigenvalue weighted by Gasteiger charge is -2.14. The largest absolute Gasteiger partial charge is 0.479 e. The fourth-order valence-electron chi connectivity index (χ4n) is 1.97. The first kappa shape index (κ1) is 14.7. The molecule has 7 nitrogen and oxygen atoms in total. The molecule has 0 aromatic carbocycles. The summed E-state index contributed by atoms with van der Waals surface area (Å²) in [7, 11) is 1.65. The number of nitrogens with one attached hydrogen (secondary N) is 2. The van der Waals surface area contributed by atoms with Gasteiger partial charge in [-0.05, 0) is 19.3 Å². The summed E-state index contributed by atoms with van der Waals surface area (Å²) in [6, 6.07) is -0.242. The molecule has 7 heteroatoms. The van der Waals surface area contributed by atoms with Gasteiger partial charge in [-0.2, -0.15) is 0 Å². The third kappa shape index (κ3) is 4.89. The van der Waals surface area contributed by atoms with Crippen LogP contribution in [0.15, 0.2) is 0 Å². The predicted octanol–water partition coefficient (Wildman–Crippen LogP) is -0.311. The van der Waals surface area contributed by atoms with Crippen LogP contribution in [-0.2, 0) is 9.53 Å². The van der Waals surface area contributed by atoms with E-state index in [1.165, 1.54) is 0 Å². The fraction of sp³-hybridized carbons (Fsp3) is 0.818. The number of aliphatic hydroxyl groups excluding tert-OH is 1.